The van der Waals surface area contributed by atoms with Gasteiger partial charge in [0, 0.05) is 41.8 Å². The first-order chi connectivity index (χ1) is 10.5. The van der Waals surface area contributed by atoms with Gasteiger partial charge < -0.3 is 31.7 Å². The normalized spacial score (nSPS) is 10.6. The molecule has 7 N–H and O–H groups in total. The highest BCUT2D eigenvalue weighted by Gasteiger charge is 2.10. The topological polar surface area (TPSA) is 116 Å². The van der Waals surface area contributed by atoms with Crippen LogP contribution in [0.2, 0.25) is 0 Å². The van der Waals surface area contributed by atoms with E-state index in [1.54, 1.807) is 18.2 Å². The van der Waals surface area contributed by atoms with Crippen LogP contribution >= 0.6 is 0 Å². The van der Waals surface area contributed by atoms with Crippen molar-refractivity contribution in [2.75, 3.05) is 42.7 Å². The molecule has 118 valence electrons. The highest BCUT2D eigenvalue weighted by atomic mass is 16.3. The van der Waals surface area contributed by atoms with E-state index in [1.165, 1.54) is 6.07 Å². The lowest BCUT2D eigenvalue weighted by atomic mass is 10.0. The van der Waals surface area contributed by atoms with Gasteiger partial charge in [0.05, 0.1) is 13.2 Å². The summed E-state index contributed by atoms with van der Waals surface area (Å²) in [6, 6.07) is 10.2. The smallest absolute Gasteiger partial charge is 0.118 e. The molecule has 0 aliphatic rings. The number of nitrogens with two attached hydrogens (primary N) is 2. The van der Waals surface area contributed by atoms with Gasteiger partial charge in [-0.25, -0.2) is 0 Å². The van der Waals surface area contributed by atoms with E-state index in [1.807, 2.05) is 17.0 Å². The van der Waals surface area contributed by atoms with Crippen LogP contribution in [0.5, 0.6) is 5.75 Å². The van der Waals surface area contributed by atoms with Gasteiger partial charge in [0.2, 0.25) is 0 Å². The average Bonchev–Trinajstić information content (AvgIpc) is 2.46. The van der Waals surface area contributed by atoms with Crippen molar-refractivity contribution in [2.45, 2.75) is 0 Å². The van der Waals surface area contributed by atoms with Crippen LogP contribution in [0.15, 0.2) is 36.4 Å². The molecule has 0 aromatic heterocycles. The van der Waals surface area contributed by atoms with Gasteiger partial charge in [-0.05, 0) is 35.9 Å². The highest BCUT2D eigenvalue weighted by molar-refractivity contribution is 5.82. The Kier molecular flexibility index (Phi) is 5.08. The Morgan fingerprint density at radius 1 is 0.909 bits per heavy atom. The van der Waals surface area contributed by atoms with Crippen LogP contribution in [0.1, 0.15) is 0 Å². The largest absolute Gasteiger partial charge is 0.508 e. The molecule has 0 aliphatic heterocycles. The lowest BCUT2D eigenvalue weighted by Crippen LogP contribution is -2.29. The molecule has 22 heavy (non-hydrogen) atoms. The first-order valence-electron chi connectivity index (χ1n) is 7.01. The third-order valence-electron chi connectivity index (χ3n) is 3.39. The molecule has 0 fully saturated rings. The zero-order valence-corrected chi connectivity index (χ0v) is 12.2. The van der Waals surface area contributed by atoms with Gasteiger partial charge in [-0.15, -0.1) is 0 Å². The minimum atomic E-state index is -0.0151. The van der Waals surface area contributed by atoms with Crippen LogP contribution in [-0.4, -0.2) is 41.6 Å². The Morgan fingerprint density at radius 3 is 2.18 bits per heavy atom. The molecular formula is C16H21N3O3. The van der Waals surface area contributed by atoms with Gasteiger partial charge in [0.25, 0.3) is 0 Å². The third kappa shape index (κ3) is 3.60. The molecule has 0 saturated carbocycles. The van der Waals surface area contributed by atoms with Crippen molar-refractivity contribution in [3.05, 3.63) is 36.4 Å². The summed E-state index contributed by atoms with van der Waals surface area (Å²) in [5.41, 5.74) is 15.1. The molecular weight excluding hydrogens is 282 g/mol. The van der Waals surface area contributed by atoms with Gasteiger partial charge in [-0.2, -0.15) is 0 Å². The van der Waals surface area contributed by atoms with Crippen molar-refractivity contribution in [1.29, 1.82) is 0 Å². The van der Waals surface area contributed by atoms with Gasteiger partial charge in [0.1, 0.15) is 5.75 Å². The summed E-state index contributed by atoms with van der Waals surface area (Å²) in [5, 5.41) is 28.0. The van der Waals surface area contributed by atoms with E-state index in [0.717, 1.165) is 11.3 Å². The van der Waals surface area contributed by atoms with Crippen molar-refractivity contribution in [2.24, 2.45) is 0 Å². The maximum absolute atomic E-state index is 9.70. The SMILES string of the molecule is Nc1cc(O)cc(-c2cc(N(CCO)CCO)ccc2N)c1. The summed E-state index contributed by atoms with van der Waals surface area (Å²) in [5.74, 6) is 0.0716. The lowest BCUT2D eigenvalue weighted by molar-refractivity contribution is 0.281. The van der Waals surface area contributed by atoms with Crippen LogP contribution in [0.3, 0.4) is 0 Å². The standard InChI is InChI=1S/C16H21N3O3/c17-12-7-11(8-14(22)9-12)15-10-13(1-2-16(15)18)19(3-5-20)4-6-21/h1-2,7-10,20-22H,3-6,17-18H2. The van der Waals surface area contributed by atoms with Gasteiger partial charge in [-0.1, -0.05) is 0 Å². The first-order valence-corrected chi connectivity index (χ1v) is 7.01. The second-order valence-electron chi connectivity index (χ2n) is 5.02. The third-order valence-corrected chi connectivity index (χ3v) is 3.39. The van der Waals surface area contributed by atoms with Crippen LogP contribution in [-0.2, 0) is 0 Å². The van der Waals surface area contributed by atoms with Crippen molar-refractivity contribution in [1.82, 2.24) is 0 Å². The molecule has 2 rings (SSSR count). The Balaban J connectivity index is 2.45. The molecule has 0 saturated heterocycles. The minimum Gasteiger partial charge on any atom is -0.508 e. The van der Waals surface area contributed by atoms with E-state index >= 15 is 0 Å². The number of hydrogen-bond donors (Lipinski definition) is 5. The molecule has 6 heteroatoms. The predicted molar refractivity (Wildman–Crippen MR) is 88.8 cm³/mol. The fraction of sp³-hybridized carbons (Fsp3) is 0.250. The molecule has 0 radical (unpaired) electrons. The molecule has 2 aromatic rings. The van der Waals surface area contributed by atoms with Gasteiger partial charge in [0.15, 0.2) is 0 Å². The van der Waals surface area contributed by atoms with Crippen LogP contribution < -0.4 is 16.4 Å². The van der Waals surface area contributed by atoms with Crippen molar-refractivity contribution in [3.8, 4) is 16.9 Å². The molecule has 0 amide bonds. The Labute approximate surface area is 129 Å². The number of phenolic OH excluding ortho intramolecular Hbond substituents is 1. The molecule has 0 bridgehead atoms. The zero-order chi connectivity index (χ0) is 16.1. The quantitative estimate of drug-likeness (QED) is 0.509. The molecule has 0 heterocycles. The fourth-order valence-corrected chi connectivity index (χ4v) is 2.39. The number of anilines is 3. The summed E-state index contributed by atoms with van der Waals surface area (Å²) in [6.07, 6.45) is 0. The lowest BCUT2D eigenvalue weighted by Gasteiger charge is -2.24. The summed E-state index contributed by atoms with van der Waals surface area (Å²) in [6.45, 7) is 0.787. The average molecular weight is 303 g/mol. The summed E-state index contributed by atoms with van der Waals surface area (Å²) in [7, 11) is 0. The molecule has 0 aliphatic carbocycles. The maximum Gasteiger partial charge on any atom is 0.118 e. The number of aliphatic hydroxyl groups is 2. The molecule has 0 unspecified atom stereocenters. The summed E-state index contributed by atoms with van der Waals surface area (Å²) >= 11 is 0. The number of rotatable bonds is 6. The van der Waals surface area contributed by atoms with Gasteiger partial charge >= 0.3 is 0 Å². The molecule has 0 atom stereocenters. The minimum absolute atomic E-state index is 0.0151. The summed E-state index contributed by atoms with van der Waals surface area (Å²) < 4.78 is 0. The zero-order valence-electron chi connectivity index (χ0n) is 12.2. The number of aromatic hydroxyl groups is 1. The second-order valence-corrected chi connectivity index (χ2v) is 5.02. The van der Waals surface area contributed by atoms with Crippen molar-refractivity contribution < 1.29 is 15.3 Å². The van der Waals surface area contributed by atoms with Crippen molar-refractivity contribution >= 4 is 17.1 Å². The monoisotopic (exact) mass is 303 g/mol. The van der Waals surface area contributed by atoms with E-state index in [9.17, 15) is 5.11 Å². The Morgan fingerprint density at radius 2 is 1.59 bits per heavy atom. The number of nitrogen functional groups attached to an aromatic ring is 2. The van der Waals surface area contributed by atoms with Crippen LogP contribution in [0.4, 0.5) is 17.1 Å². The number of aliphatic hydroxyl groups excluding tert-OH is 2. The number of benzene rings is 2. The maximum atomic E-state index is 9.70. The Bertz CT molecular complexity index is 620. The van der Waals surface area contributed by atoms with E-state index < -0.39 is 0 Å². The van der Waals surface area contributed by atoms with E-state index in [2.05, 4.69) is 0 Å². The molecule has 6 nitrogen and oxygen atoms in total. The highest BCUT2D eigenvalue weighted by Crippen LogP contribution is 2.33. The van der Waals surface area contributed by atoms with Crippen LogP contribution in [0, 0.1) is 0 Å². The first kappa shape index (κ1) is 15.9. The van der Waals surface area contributed by atoms with E-state index in [0.29, 0.717) is 30.0 Å². The number of hydrogen-bond acceptors (Lipinski definition) is 6. The second kappa shape index (κ2) is 7.02. The number of nitrogens with zero attached hydrogens (tertiary/aromatic N) is 1. The molecule has 2 aromatic carbocycles. The fourth-order valence-electron chi connectivity index (χ4n) is 2.39. The summed E-state index contributed by atoms with van der Waals surface area (Å²) in [4.78, 5) is 1.86. The van der Waals surface area contributed by atoms with Gasteiger partial charge in [-0.3, -0.25) is 0 Å². The van der Waals surface area contributed by atoms with Crippen LogP contribution in [0.25, 0.3) is 11.1 Å². The Hall–Kier alpha value is -2.44. The van der Waals surface area contributed by atoms with Crippen molar-refractivity contribution in [3.63, 3.8) is 0 Å². The van der Waals surface area contributed by atoms with E-state index in [4.69, 9.17) is 21.7 Å². The number of phenols is 1. The predicted octanol–water partition coefficient (Wildman–Crippen LogP) is 1.01. The molecule has 0 spiro atoms. The van der Waals surface area contributed by atoms with E-state index in [-0.39, 0.29) is 19.0 Å².